The molecule has 0 aliphatic rings. The van der Waals surface area contributed by atoms with Crippen LogP contribution in [0.1, 0.15) is 10.5 Å². The average Bonchev–Trinajstić information content (AvgIpc) is 2.86. The van der Waals surface area contributed by atoms with Crippen LogP contribution < -0.4 is 5.32 Å². The van der Waals surface area contributed by atoms with Crippen molar-refractivity contribution in [2.75, 3.05) is 7.05 Å². The summed E-state index contributed by atoms with van der Waals surface area (Å²) in [7, 11) is 1.60. The summed E-state index contributed by atoms with van der Waals surface area (Å²) in [6.07, 6.45) is 0. The molecule has 14 heavy (non-hydrogen) atoms. The summed E-state index contributed by atoms with van der Waals surface area (Å²) in [4.78, 5) is 15.5. The summed E-state index contributed by atoms with van der Waals surface area (Å²) >= 11 is 3.11. The number of carbonyl (C=O) groups is 1. The van der Waals surface area contributed by atoms with Crippen molar-refractivity contribution in [2.45, 2.75) is 0 Å². The number of hydrogen-bond donors (Lipinski definition) is 1. The van der Waals surface area contributed by atoms with E-state index in [1.165, 1.54) is 11.3 Å². The molecular formula is C9H8N2OS2. The predicted octanol–water partition coefficient (Wildman–Crippen LogP) is 2.23. The molecule has 1 amide bonds. The van der Waals surface area contributed by atoms with E-state index in [1.807, 2.05) is 16.8 Å². The Kier molecular flexibility index (Phi) is 2.60. The van der Waals surface area contributed by atoms with Crippen molar-refractivity contribution in [2.24, 2.45) is 0 Å². The summed E-state index contributed by atoms with van der Waals surface area (Å²) in [6, 6.07) is 2.00. The molecule has 0 radical (unpaired) electrons. The Morgan fingerprint density at radius 1 is 1.50 bits per heavy atom. The number of carbonyl (C=O) groups excluding carboxylic acids is 1. The lowest BCUT2D eigenvalue weighted by atomic mass is 10.3. The van der Waals surface area contributed by atoms with Gasteiger partial charge in [-0.2, -0.15) is 11.3 Å². The molecule has 2 aromatic heterocycles. The lowest BCUT2D eigenvalue weighted by molar-refractivity contribution is 0.0959. The Hall–Kier alpha value is -1.20. The van der Waals surface area contributed by atoms with Gasteiger partial charge in [0.05, 0.1) is 0 Å². The third-order valence-electron chi connectivity index (χ3n) is 1.73. The first kappa shape index (κ1) is 9.36. The molecule has 0 bridgehead atoms. The first-order chi connectivity index (χ1) is 6.81. The molecule has 0 saturated carbocycles. The zero-order valence-electron chi connectivity index (χ0n) is 7.48. The van der Waals surface area contributed by atoms with Gasteiger partial charge in [0, 0.05) is 23.4 Å². The average molecular weight is 224 g/mol. The number of nitrogens with one attached hydrogen (secondary N) is 1. The fraction of sp³-hybridized carbons (Fsp3) is 0.111. The monoisotopic (exact) mass is 224 g/mol. The summed E-state index contributed by atoms with van der Waals surface area (Å²) in [5.41, 5.74) is 1.56. The van der Waals surface area contributed by atoms with Gasteiger partial charge in [-0.25, -0.2) is 4.98 Å². The van der Waals surface area contributed by atoms with Crippen LogP contribution in [0.2, 0.25) is 0 Å². The number of thiazole rings is 1. The van der Waals surface area contributed by atoms with Gasteiger partial charge in [-0.15, -0.1) is 11.3 Å². The van der Waals surface area contributed by atoms with Gasteiger partial charge < -0.3 is 5.32 Å². The lowest BCUT2D eigenvalue weighted by Crippen LogP contribution is -2.17. The molecule has 0 fully saturated rings. The summed E-state index contributed by atoms with van der Waals surface area (Å²) in [5, 5.41) is 9.23. The van der Waals surface area contributed by atoms with Gasteiger partial charge >= 0.3 is 0 Å². The van der Waals surface area contributed by atoms with E-state index in [2.05, 4.69) is 10.3 Å². The van der Waals surface area contributed by atoms with E-state index in [4.69, 9.17) is 0 Å². The van der Waals surface area contributed by atoms with E-state index >= 15 is 0 Å². The van der Waals surface area contributed by atoms with Crippen LogP contribution in [0.25, 0.3) is 10.6 Å². The normalized spacial score (nSPS) is 10.1. The molecule has 0 atom stereocenters. The second kappa shape index (κ2) is 3.89. The van der Waals surface area contributed by atoms with Crippen molar-refractivity contribution < 1.29 is 4.79 Å². The van der Waals surface area contributed by atoms with Crippen LogP contribution in [0, 0.1) is 0 Å². The standard InChI is InChI=1S/C9H8N2OS2/c1-10-8(12)7-5-14-9(11-7)6-2-3-13-4-6/h2-5H,1H3,(H,10,12). The van der Waals surface area contributed by atoms with Crippen LogP contribution in [0.3, 0.4) is 0 Å². The van der Waals surface area contributed by atoms with Gasteiger partial charge in [-0.3, -0.25) is 4.79 Å². The second-order valence-corrected chi connectivity index (χ2v) is 4.27. The molecule has 2 heterocycles. The minimum absolute atomic E-state index is 0.136. The molecule has 0 saturated heterocycles. The Bertz CT molecular complexity index is 433. The van der Waals surface area contributed by atoms with E-state index in [0.717, 1.165) is 10.6 Å². The second-order valence-electron chi connectivity index (χ2n) is 2.63. The van der Waals surface area contributed by atoms with Crippen LogP contribution in [0.15, 0.2) is 22.2 Å². The van der Waals surface area contributed by atoms with Crippen LogP contribution in [0.5, 0.6) is 0 Å². The van der Waals surface area contributed by atoms with Gasteiger partial charge in [-0.1, -0.05) is 0 Å². The Balaban J connectivity index is 2.31. The molecule has 0 aromatic carbocycles. The third-order valence-corrected chi connectivity index (χ3v) is 3.31. The van der Waals surface area contributed by atoms with Gasteiger partial charge in [-0.05, 0) is 11.4 Å². The largest absolute Gasteiger partial charge is 0.354 e. The highest BCUT2D eigenvalue weighted by atomic mass is 32.1. The van der Waals surface area contributed by atoms with Crippen molar-refractivity contribution in [3.8, 4) is 10.6 Å². The maximum Gasteiger partial charge on any atom is 0.270 e. The molecule has 2 aromatic rings. The molecule has 0 unspecified atom stereocenters. The van der Waals surface area contributed by atoms with Crippen LogP contribution >= 0.6 is 22.7 Å². The number of amides is 1. The van der Waals surface area contributed by atoms with E-state index in [0.29, 0.717) is 5.69 Å². The van der Waals surface area contributed by atoms with Crippen molar-refractivity contribution in [3.63, 3.8) is 0 Å². The zero-order valence-corrected chi connectivity index (χ0v) is 9.11. The highest BCUT2D eigenvalue weighted by Gasteiger charge is 2.09. The molecule has 2 rings (SSSR count). The SMILES string of the molecule is CNC(=O)c1csc(-c2ccsc2)n1. The van der Waals surface area contributed by atoms with Gasteiger partial charge in [0.25, 0.3) is 5.91 Å². The van der Waals surface area contributed by atoms with Gasteiger partial charge in [0.1, 0.15) is 10.7 Å². The van der Waals surface area contributed by atoms with Crippen molar-refractivity contribution >= 4 is 28.6 Å². The van der Waals surface area contributed by atoms with E-state index in [1.54, 1.807) is 23.8 Å². The molecular weight excluding hydrogens is 216 g/mol. The number of nitrogens with zero attached hydrogens (tertiary/aromatic N) is 1. The Labute approximate surface area is 89.4 Å². The third kappa shape index (κ3) is 1.69. The molecule has 1 N–H and O–H groups in total. The van der Waals surface area contributed by atoms with E-state index in [9.17, 15) is 4.79 Å². The Morgan fingerprint density at radius 2 is 2.36 bits per heavy atom. The smallest absolute Gasteiger partial charge is 0.270 e. The summed E-state index contributed by atoms with van der Waals surface area (Å²) < 4.78 is 0. The number of rotatable bonds is 2. The number of hydrogen-bond acceptors (Lipinski definition) is 4. The van der Waals surface area contributed by atoms with Gasteiger partial charge in [0.2, 0.25) is 0 Å². The molecule has 3 nitrogen and oxygen atoms in total. The summed E-state index contributed by atoms with van der Waals surface area (Å²) in [5.74, 6) is -0.136. The minimum atomic E-state index is -0.136. The maximum atomic E-state index is 11.2. The molecule has 5 heteroatoms. The van der Waals surface area contributed by atoms with Crippen molar-refractivity contribution in [3.05, 3.63) is 27.9 Å². The minimum Gasteiger partial charge on any atom is -0.354 e. The molecule has 72 valence electrons. The topological polar surface area (TPSA) is 42.0 Å². The van der Waals surface area contributed by atoms with Gasteiger partial charge in [0.15, 0.2) is 0 Å². The predicted molar refractivity (Wildman–Crippen MR) is 58.8 cm³/mol. The number of thiophene rings is 1. The fourth-order valence-electron chi connectivity index (χ4n) is 1.02. The Morgan fingerprint density at radius 3 is 3.00 bits per heavy atom. The maximum absolute atomic E-state index is 11.2. The molecule has 0 spiro atoms. The lowest BCUT2D eigenvalue weighted by Gasteiger charge is -1.91. The molecule has 0 aliphatic carbocycles. The zero-order chi connectivity index (χ0) is 9.97. The molecule has 0 aliphatic heterocycles. The first-order valence-electron chi connectivity index (χ1n) is 4.01. The van der Waals surface area contributed by atoms with Crippen LogP contribution in [-0.2, 0) is 0 Å². The van der Waals surface area contributed by atoms with E-state index in [-0.39, 0.29) is 5.91 Å². The fourth-order valence-corrected chi connectivity index (χ4v) is 2.54. The quantitative estimate of drug-likeness (QED) is 0.850. The highest BCUT2D eigenvalue weighted by molar-refractivity contribution is 7.14. The van der Waals surface area contributed by atoms with Crippen LogP contribution in [0.4, 0.5) is 0 Å². The van der Waals surface area contributed by atoms with Crippen molar-refractivity contribution in [1.29, 1.82) is 0 Å². The first-order valence-corrected chi connectivity index (χ1v) is 5.83. The highest BCUT2D eigenvalue weighted by Crippen LogP contribution is 2.25. The summed E-state index contributed by atoms with van der Waals surface area (Å²) in [6.45, 7) is 0. The number of aromatic nitrogens is 1. The van der Waals surface area contributed by atoms with Crippen molar-refractivity contribution in [1.82, 2.24) is 10.3 Å². The van der Waals surface area contributed by atoms with E-state index < -0.39 is 0 Å². The van der Waals surface area contributed by atoms with Crippen LogP contribution in [-0.4, -0.2) is 17.9 Å².